The van der Waals surface area contributed by atoms with Gasteiger partial charge in [0.1, 0.15) is 0 Å². The SMILES string of the molecule is CCc1ccc(C(=O)N2CCOC[C@H]2C[C@@H](O)c2cccs2)cc1. The Labute approximate surface area is 146 Å². The van der Waals surface area contributed by atoms with Crippen LogP contribution in [-0.2, 0) is 11.2 Å². The summed E-state index contributed by atoms with van der Waals surface area (Å²) >= 11 is 1.54. The molecule has 0 unspecified atom stereocenters. The molecule has 1 aromatic carbocycles. The van der Waals surface area contributed by atoms with Crippen molar-refractivity contribution in [3.05, 3.63) is 57.8 Å². The van der Waals surface area contributed by atoms with Crippen molar-refractivity contribution in [1.29, 1.82) is 0 Å². The summed E-state index contributed by atoms with van der Waals surface area (Å²) in [6.07, 6.45) is 0.899. The van der Waals surface area contributed by atoms with Gasteiger partial charge in [0, 0.05) is 23.4 Å². The molecule has 3 rings (SSSR count). The first-order valence-corrected chi connectivity index (χ1v) is 9.26. The van der Waals surface area contributed by atoms with Crippen molar-refractivity contribution < 1.29 is 14.6 Å². The third kappa shape index (κ3) is 3.86. The highest BCUT2D eigenvalue weighted by Crippen LogP contribution is 2.26. The zero-order chi connectivity index (χ0) is 16.9. The molecule has 2 heterocycles. The number of morpholine rings is 1. The fraction of sp³-hybridized carbons (Fsp3) is 0.421. The molecule has 2 aromatic rings. The maximum Gasteiger partial charge on any atom is 0.254 e. The van der Waals surface area contributed by atoms with Gasteiger partial charge in [0.15, 0.2) is 0 Å². The summed E-state index contributed by atoms with van der Waals surface area (Å²) in [7, 11) is 0. The van der Waals surface area contributed by atoms with Crippen LogP contribution in [0.15, 0.2) is 41.8 Å². The van der Waals surface area contributed by atoms with E-state index in [4.69, 9.17) is 4.74 Å². The van der Waals surface area contributed by atoms with Crippen LogP contribution in [0.25, 0.3) is 0 Å². The fourth-order valence-electron chi connectivity index (χ4n) is 3.02. The molecule has 5 heteroatoms. The Hall–Kier alpha value is -1.69. The molecule has 1 saturated heterocycles. The lowest BCUT2D eigenvalue weighted by Crippen LogP contribution is -2.49. The van der Waals surface area contributed by atoms with Crippen molar-refractivity contribution in [2.24, 2.45) is 0 Å². The maximum atomic E-state index is 12.9. The third-order valence-electron chi connectivity index (χ3n) is 4.46. The molecule has 0 spiro atoms. The standard InChI is InChI=1S/C19H23NO3S/c1-2-14-5-7-15(8-6-14)19(22)20-9-10-23-13-16(20)12-17(21)18-4-3-11-24-18/h3-8,11,16-17,21H,2,9-10,12-13H2,1H3/t16-,17-/m1/s1. The normalized spacial score (nSPS) is 19.2. The Morgan fingerprint density at radius 3 is 2.83 bits per heavy atom. The van der Waals surface area contributed by atoms with E-state index in [0.29, 0.717) is 31.7 Å². The van der Waals surface area contributed by atoms with Crippen LogP contribution in [0.5, 0.6) is 0 Å². The Morgan fingerprint density at radius 1 is 1.38 bits per heavy atom. The van der Waals surface area contributed by atoms with Crippen LogP contribution in [0.2, 0.25) is 0 Å². The van der Waals surface area contributed by atoms with Crippen molar-refractivity contribution in [2.45, 2.75) is 31.9 Å². The molecule has 1 aliphatic heterocycles. The molecule has 0 bridgehead atoms. The second-order valence-electron chi connectivity index (χ2n) is 6.04. The number of thiophene rings is 1. The Morgan fingerprint density at radius 2 is 2.17 bits per heavy atom. The number of amides is 1. The van der Waals surface area contributed by atoms with Gasteiger partial charge in [-0.3, -0.25) is 4.79 Å². The van der Waals surface area contributed by atoms with Crippen molar-refractivity contribution >= 4 is 17.2 Å². The Balaban J connectivity index is 1.72. The number of aliphatic hydroxyl groups excluding tert-OH is 1. The lowest BCUT2D eigenvalue weighted by molar-refractivity contribution is -0.0170. The number of aliphatic hydroxyl groups is 1. The van der Waals surface area contributed by atoms with Gasteiger partial charge in [-0.25, -0.2) is 0 Å². The summed E-state index contributed by atoms with van der Waals surface area (Å²) < 4.78 is 5.55. The lowest BCUT2D eigenvalue weighted by atomic mass is 10.0. The first-order valence-electron chi connectivity index (χ1n) is 8.38. The predicted molar refractivity (Wildman–Crippen MR) is 95.4 cm³/mol. The van der Waals surface area contributed by atoms with Crippen molar-refractivity contribution in [3.63, 3.8) is 0 Å². The molecule has 0 aliphatic carbocycles. The maximum absolute atomic E-state index is 12.9. The highest BCUT2D eigenvalue weighted by atomic mass is 32.1. The number of ether oxygens (including phenoxy) is 1. The van der Waals surface area contributed by atoms with E-state index in [1.807, 2.05) is 46.7 Å². The van der Waals surface area contributed by atoms with Crippen LogP contribution in [0, 0.1) is 0 Å². The average molecular weight is 345 g/mol. The number of carbonyl (C=O) groups excluding carboxylic acids is 1. The van der Waals surface area contributed by atoms with Crippen LogP contribution < -0.4 is 0 Å². The van der Waals surface area contributed by atoms with E-state index in [1.165, 1.54) is 16.9 Å². The topological polar surface area (TPSA) is 49.8 Å². The molecule has 0 saturated carbocycles. The number of aryl methyl sites for hydroxylation is 1. The van der Waals surface area contributed by atoms with Crippen LogP contribution >= 0.6 is 11.3 Å². The summed E-state index contributed by atoms with van der Waals surface area (Å²) in [6.45, 7) is 3.68. The van der Waals surface area contributed by atoms with Crippen LogP contribution in [0.1, 0.15) is 40.2 Å². The Bertz CT molecular complexity index is 654. The van der Waals surface area contributed by atoms with E-state index in [0.717, 1.165) is 11.3 Å². The van der Waals surface area contributed by atoms with Gasteiger partial charge < -0.3 is 14.7 Å². The largest absolute Gasteiger partial charge is 0.387 e. The number of rotatable bonds is 5. The smallest absolute Gasteiger partial charge is 0.254 e. The number of hydrogen-bond acceptors (Lipinski definition) is 4. The van der Waals surface area contributed by atoms with Gasteiger partial charge in [0.2, 0.25) is 0 Å². The zero-order valence-corrected chi connectivity index (χ0v) is 14.7. The minimum atomic E-state index is -0.561. The molecule has 4 nitrogen and oxygen atoms in total. The van der Waals surface area contributed by atoms with Crippen molar-refractivity contribution in [3.8, 4) is 0 Å². The lowest BCUT2D eigenvalue weighted by Gasteiger charge is -2.36. The molecule has 1 fully saturated rings. The molecule has 128 valence electrons. The number of carbonyl (C=O) groups is 1. The molecule has 1 N–H and O–H groups in total. The summed E-state index contributed by atoms with van der Waals surface area (Å²) in [5, 5.41) is 12.4. The summed E-state index contributed by atoms with van der Waals surface area (Å²) in [6, 6.07) is 11.5. The van der Waals surface area contributed by atoms with Crippen molar-refractivity contribution in [2.75, 3.05) is 19.8 Å². The monoisotopic (exact) mass is 345 g/mol. The van der Waals surface area contributed by atoms with Gasteiger partial charge in [0.25, 0.3) is 5.91 Å². The van der Waals surface area contributed by atoms with Crippen LogP contribution in [0.4, 0.5) is 0 Å². The first kappa shape index (κ1) is 17.1. The van der Waals surface area contributed by atoms with Crippen molar-refractivity contribution in [1.82, 2.24) is 4.90 Å². The second-order valence-corrected chi connectivity index (χ2v) is 7.02. The van der Waals surface area contributed by atoms with E-state index >= 15 is 0 Å². The zero-order valence-electron chi connectivity index (χ0n) is 13.9. The summed E-state index contributed by atoms with van der Waals surface area (Å²) in [5.41, 5.74) is 1.92. The minimum Gasteiger partial charge on any atom is -0.387 e. The molecular weight excluding hydrogens is 322 g/mol. The van der Waals surface area contributed by atoms with Crippen LogP contribution in [0.3, 0.4) is 0 Å². The third-order valence-corrected chi connectivity index (χ3v) is 5.44. The summed E-state index contributed by atoms with van der Waals surface area (Å²) in [4.78, 5) is 15.6. The minimum absolute atomic E-state index is 0.0179. The molecule has 1 aliphatic rings. The molecular formula is C19H23NO3S. The fourth-order valence-corrected chi connectivity index (χ4v) is 3.75. The Kier molecular flexibility index (Phi) is 5.66. The summed E-state index contributed by atoms with van der Waals surface area (Å²) in [5.74, 6) is 0.0179. The van der Waals surface area contributed by atoms with Gasteiger partial charge in [-0.05, 0) is 35.6 Å². The van der Waals surface area contributed by atoms with E-state index in [9.17, 15) is 9.90 Å². The van der Waals surface area contributed by atoms with Gasteiger partial charge in [-0.1, -0.05) is 25.1 Å². The van der Waals surface area contributed by atoms with Gasteiger partial charge >= 0.3 is 0 Å². The highest BCUT2D eigenvalue weighted by molar-refractivity contribution is 7.10. The average Bonchev–Trinajstić information content (AvgIpc) is 3.16. The second kappa shape index (κ2) is 7.92. The molecule has 24 heavy (non-hydrogen) atoms. The van der Waals surface area contributed by atoms with E-state index in [2.05, 4.69) is 6.92 Å². The van der Waals surface area contributed by atoms with Crippen LogP contribution in [-0.4, -0.2) is 41.7 Å². The van der Waals surface area contributed by atoms with E-state index < -0.39 is 6.10 Å². The number of benzene rings is 1. The first-order chi connectivity index (χ1) is 11.7. The van der Waals surface area contributed by atoms with Gasteiger partial charge in [-0.2, -0.15) is 0 Å². The molecule has 1 amide bonds. The van der Waals surface area contributed by atoms with Gasteiger partial charge in [0.05, 0.1) is 25.4 Å². The predicted octanol–water partition coefficient (Wildman–Crippen LogP) is 3.28. The highest BCUT2D eigenvalue weighted by Gasteiger charge is 2.30. The number of hydrogen-bond donors (Lipinski definition) is 1. The molecule has 2 atom stereocenters. The molecule has 0 radical (unpaired) electrons. The quantitative estimate of drug-likeness (QED) is 0.905. The van der Waals surface area contributed by atoms with E-state index in [1.54, 1.807) is 0 Å². The van der Waals surface area contributed by atoms with E-state index in [-0.39, 0.29) is 11.9 Å². The molecule has 1 aromatic heterocycles. The number of nitrogens with zero attached hydrogens (tertiary/aromatic N) is 1. The van der Waals surface area contributed by atoms with Gasteiger partial charge in [-0.15, -0.1) is 11.3 Å².